The molecule has 8 nitrogen and oxygen atoms in total. The zero-order valence-corrected chi connectivity index (χ0v) is 18.4. The first-order valence-corrected chi connectivity index (χ1v) is 9.88. The van der Waals surface area contributed by atoms with Crippen molar-refractivity contribution in [1.29, 1.82) is 10.5 Å². The number of benzene rings is 1. The number of nitrogens with one attached hydrogen (secondary N) is 2. The van der Waals surface area contributed by atoms with Crippen molar-refractivity contribution in [3.05, 3.63) is 44.5 Å². The quantitative estimate of drug-likeness (QED) is 0.314. The van der Waals surface area contributed by atoms with E-state index in [4.69, 9.17) is 39.9 Å². The van der Waals surface area contributed by atoms with E-state index < -0.39 is 10.9 Å². The van der Waals surface area contributed by atoms with Crippen molar-refractivity contribution in [2.45, 2.75) is 38.6 Å². The van der Waals surface area contributed by atoms with Crippen LogP contribution < -0.4 is 22.1 Å². The lowest BCUT2D eigenvalue weighted by Gasteiger charge is -2.30. The Balaban J connectivity index is 2.40. The van der Waals surface area contributed by atoms with Gasteiger partial charge in [-0.3, -0.25) is 5.32 Å². The Morgan fingerprint density at radius 1 is 1.03 bits per heavy atom. The highest BCUT2D eigenvalue weighted by Gasteiger charge is 2.33. The van der Waals surface area contributed by atoms with E-state index in [0.29, 0.717) is 11.4 Å². The highest BCUT2D eigenvalue weighted by molar-refractivity contribution is 6.44. The number of nitrogen functional groups attached to an aromatic ring is 2. The second kappa shape index (κ2) is 7.91. The Morgan fingerprint density at radius 3 is 2.13 bits per heavy atom. The molecule has 0 aliphatic carbocycles. The third kappa shape index (κ3) is 3.24. The molecule has 0 amide bonds. The van der Waals surface area contributed by atoms with Crippen LogP contribution in [0.3, 0.4) is 0 Å². The normalized spacial score (nSPS) is 15.0. The molecule has 1 aliphatic rings. The zero-order valence-electron chi connectivity index (χ0n) is 16.9. The Bertz CT molecular complexity index is 1140. The van der Waals surface area contributed by atoms with Crippen LogP contribution in [0.25, 0.3) is 0 Å². The van der Waals surface area contributed by atoms with Crippen molar-refractivity contribution >= 4 is 46.5 Å². The van der Waals surface area contributed by atoms with Crippen molar-refractivity contribution < 1.29 is 0 Å². The smallest absolute Gasteiger partial charge is 0.211 e. The number of pyridine rings is 1. The van der Waals surface area contributed by atoms with Gasteiger partial charge in [0.15, 0.2) is 6.19 Å². The molecule has 0 saturated carbocycles. The van der Waals surface area contributed by atoms with Crippen LogP contribution in [-0.4, -0.2) is 10.9 Å². The van der Waals surface area contributed by atoms with Gasteiger partial charge >= 0.3 is 0 Å². The van der Waals surface area contributed by atoms with Crippen LogP contribution in [0.15, 0.2) is 4.99 Å². The summed E-state index contributed by atoms with van der Waals surface area (Å²) in [5.74, 6) is 0.547. The molecule has 1 aromatic carbocycles. The Morgan fingerprint density at radius 2 is 1.63 bits per heavy atom. The zero-order chi connectivity index (χ0) is 22.3. The van der Waals surface area contributed by atoms with Gasteiger partial charge in [-0.2, -0.15) is 10.5 Å². The first-order valence-electron chi connectivity index (χ1n) is 9.01. The predicted molar refractivity (Wildman–Crippen MR) is 119 cm³/mol. The number of halogens is 2. The number of aromatic nitrogens is 1. The molecule has 3 rings (SSSR count). The van der Waals surface area contributed by atoms with Gasteiger partial charge in [-0.1, -0.05) is 0 Å². The van der Waals surface area contributed by atoms with Crippen molar-refractivity contribution in [2.24, 2.45) is 4.99 Å². The topological polar surface area (TPSA) is 149 Å². The molecule has 1 unspecified atom stereocenters. The fourth-order valence-corrected chi connectivity index (χ4v) is 4.55. The van der Waals surface area contributed by atoms with Gasteiger partial charge in [-0.05, 0) is 61.1 Å². The summed E-state index contributed by atoms with van der Waals surface area (Å²) < 4.78 is 0. The van der Waals surface area contributed by atoms with E-state index in [-0.39, 0.29) is 23.0 Å². The van der Waals surface area contributed by atoms with Gasteiger partial charge in [-0.15, -0.1) is 23.2 Å². The van der Waals surface area contributed by atoms with Crippen molar-refractivity contribution in [1.82, 2.24) is 10.3 Å². The molecule has 0 radical (unpaired) electrons. The van der Waals surface area contributed by atoms with Gasteiger partial charge in [0.05, 0.1) is 5.69 Å². The first kappa shape index (κ1) is 21.5. The number of anilines is 3. The summed E-state index contributed by atoms with van der Waals surface area (Å²) in [5.41, 5.74) is 18.6. The molecule has 2 aromatic rings. The summed E-state index contributed by atoms with van der Waals surface area (Å²) in [5, 5.41) is 24.0. The minimum Gasteiger partial charge on any atom is -0.397 e. The molecule has 154 valence electrons. The number of nitriles is 2. The summed E-state index contributed by atoms with van der Waals surface area (Å²) in [6, 6.07) is 1.39. The molecule has 0 saturated heterocycles. The van der Waals surface area contributed by atoms with E-state index in [1.54, 1.807) is 0 Å². The highest BCUT2D eigenvalue weighted by atomic mass is 35.5. The van der Waals surface area contributed by atoms with Crippen LogP contribution in [0.5, 0.6) is 0 Å². The number of hydrogen-bond acceptors (Lipinski definition) is 8. The third-order valence-corrected chi connectivity index (χ3v) is 6.03. The summed E-state index contributed by atoms with van der Waals surface area (Å²) in [7, 11) is 0. The highest BCUT2D eigenvalue weighted by Crippen LogP contribution is 2.45. The minimum atomic E-state index is -0.673. The summed E-state index contributed by atoms with van der Waals surface area (Å²) in [4.78, 5) is 8.29. The Labute approximate surface area is 184 Å². The van der Waals surface area contributed by atoms with Crippen molar-refractivity contribution in [3.63, 3.8) is 0 Å². The number of nitrogens with two attached hydrogens (primary N) is 2. The number of hydrogen-bond donors (Lipinski definition) is 4. The molecular formula is C20H20Cl2N8. The second-order valence-corrected chi connectivity index (χ2v) is 8.13. The number of fused-ring (bicyclic) bond motifs is 1. The maximum atomic E-state index is 9.50. The minimum absolute atomic E-state index is 0.00137. The molecule has 0 fully saturated rings. The molecule has 1 aliphatic heterocycles. The molecule has 10 heteroatoms. The van der Waals surface area contributed by atoms with Crippen molar-refractivity contribution in [2.75, 3.05) is 16.8 Å². The lowest BCUT2D eigenvalue weighted by atomic mass is 9.83. The molecular weight excluding hydrogens is 423 g/mol. The van der Waals surface area contributed by atoms with Crippen LogP contribution in [0.2, 0.25) is 0 Å². The maximum absolute atomic E-state index is 9.50. The lowest BCUT2D eigenvalue weighted by molar-refractivity contribution is 0.823. The van der Waals surface area contributed by atoms with E-state index in [1.165, 1.54) is 0 Å². The van der Waals surface area contributed by atoms with Crippen LogP contribution in [0.4, 0.5) is 17.3 Å². The number of guanidine groups is 1. The van der Waals surface area contributed by atoms with Gasteiger partial charge < -0.3 is 16.8 Å². The van der Waals surface area contributed by atoms with Gasteiger partial charge in [-0.25, -0.2) is 9.98 Å². The van der Waals surface area contributed by atoms with E-state index in [2.05, 4.69) is 20.6 Å². The third-order valence-electron chi connectivity index (χ3n) is 5.59. The number of alkyl halides is 2. The SMILES string of the molecule is Cc1c(C)c(C2N=C(NC#N)Nc3nc(N)c(C#N)c(N)c32)c(C)c(C)c1C(Cl)Cl. The number of aliphatic imine (C=N–C) groups is 1. The van der Waals surface area contributed by atoms with Gasteiger partial charge in [0.1, 0.15) is 34.1 Å². The fourth-order valence-electron chi connectivity index (χ4n) is 3.90. The molecule has 6 N–H and O–H groups in total. The maximum Gasteiger partial charge on any atom is 0.211 e. The van der Waals surface area contributed by atoms with E-state index in [9.17, 15) is 5.26 Å². The Hall–Kier alpha value is -3.20. The van der Waals surface area contributed by atoms with E-state index in [1.807, 2.05) is 40.0 Å². The van der Waals surface area contributed by atoms with Crippen LogP contribution in [0, 0.1) is 50.5 Å². The predicted octanol–water partition coefficient (Wildman–Crippen LogP) is 3.77. The molecule has 1 aromatic heterocycles. The van der Waals surface area contributed by atoms with Crippen LogP contribution in [-0.2, 0) is 0 Å². The molecule has 0 bridgehead atoms. The molecule has 0 spiro atoms. The van der Waals surface area contributed by atoms with Gasteiger partial charge in [0, 0.05) is 5.56 Å². The molecule has 2 heterocycles. The first-order chi connectivity index (χ1) is 14.1. The summed E-state index contributed by atoms with van der Waals surface area (Å²) in [6.07, 6.45) is 1.85. The summed E-state index contributed by atoms with van der Waals surface area (Å²) in [6.45, 7) is 7.81. The van der Waals surface area contributed by atoms with Crippen molar-refractivity contribution in [3.8, 4) is 12.3 Å². The lowest BCUT2D eigenvalue weighted by Crippen LogP contribution is -2.33. The summed E-state index contributed by atoms with van der Waals surface area (Å²) >= 11 is 12.5. The van der Waals surface area contributed by atoms with Crippen LogP contribution >= 0.6 is 23.2 Å². The average Bonchev–Trinajstić information content (AvgIpc) is 2.66. The molecule has 30 heavy (non-hydrogen) atoms. The molecule has 1 atom stereocenters. The van der Waals surface area contributed by atoms with E-state index in [0.717, 1.165) is 33.4 Å². The number of nitrogens with zero attached hydrogens (tertiary/aromatic N) is 4. The van der Waals surface area contributed by atoms with Crippen LogP contribution in [0.1, 0.15) is 55.4 Å². The monoisotopic (exact) mass is 442 g/mol. The Kier molecular flexibility index (Phi) is 5.67. The van der Waals surface area contributed by atoms with E-state index >= 15 is 0 Å². The second-order valence-electron chi connectivity index (χ2n) is 7.03. The fraction of sp³-hybridized carbons (Fsp3) is 0.300. The largest absolute Gasteiger partial charge is 0.397 e. The van der Waals surface area contributed by atoms with Gasteiger partial charge in [0.25, 0.3) is 0 Å². The van der Waals surface area contributed by atoms with Gasteiger partial charge in [0.2, 0.25) is 5.96 Å². The average molecular weight is 443 g/mol. The standard InChI is InChI=1S/C20H20Cl2N8/c1-7-9(3)13(17(21)22)10(4)8(2)12(7)16-14-15(25)11(5-23)18(26)29-19(14)30-20(28-16)27-6-24/h16-17H,1-4H3,(H6,25,26,27,28,29,30). The number of rotatable bonds is 2.